The molecular formula is C22H28F2O4S. The summed E-state index contributed by atoms with van der Waals surface area (Å²) in [6.45, 7) is 6.46. The van der Waals surface area contributed by atoms with Crippen molar-refractivity contribution in [3.8, 4) is 0 Å². The standard InChI is InChI=1S/C22H28F2O4S/c1-13-4-14(2)18(15(3)5-13)21-9-16-6-17(10-21)8-20(7-16,11-21)12-26-19(25)22(23,24)27-28-29/h4-5,16-17,29H,6-12H2,1-3H3. The van der Waals surface area contributed by atoms with Crippen LogP contribution in [-0.2, 0) is 24.2 Å². The van der Waals surface area contributed by atoms with Gasteiger partial charge in [-0.15, -0.1) is 4.89 Å². The van der Waals surface area contributed by atoms with Gasteiger partial charge in [0.15, 0.2) is 0 Å². The maximum absolute atomic E-state index is 13.6. The third-order valence-electron chi connectivity index (χ3n) is 7.28. The topological polar surface area (TPSA) is 44.8 Å². The average molecular weight is 427 g/mol. The number of carbonyl (C=O) groups excluding carboxylic acids is 1. The summed E-state index contributed by atoms with van der Waals surface area (Å²) < 4.78 is 35.9. The van der Waals surface area contributed by atoms with E-state index in [2.05, 4.69) is 55.0 Å². The highest BCUT2D eigenvalue weighted by atomic mass is 32.1. The number of halogens is 2. The molecule has 2 unspecified atom stereocenters. The minimum Gasteiger partial charge on any atom is -0.459 e. The number of aryl methyl sites for hydroxylation is 3. The van der Waals surface area contributed by atoms with Crippen LogP contribution in [0.1, 0.15) is 60.8 Å². The maximum Gasteiger partial charge on any atom is 0.483 e. The van der Waals surface area contributed by atoms with Gasteiger partial charge in [0.1, 0.15) is 0 Å². The first kappa shape index (κ1) is 21.1. The molecule has 4 saturated carbocycles. The lowest BCUT2D eigenvalue weighted by Crippen LogP contribution is -2.56. The first-order valence-corrected chi connectivity index (χ1v) is 10.6. The van der Waals surface area contributed by atoms with E-state index in [4.69, 9.17) is 4.74 Å². The Morgan fingerprint density at radius 3 is 2.28 bits per heavy atom. The first-order chi connectivity index (χ1) is 13.6. The highest BCUT2D eigenvalue weighted by Gasteiger charge is 2.59. The van der Waals surface area contributed by atoms with Crippen molar-refractivity contribution in [3.63, 3.8) is 0 Å². The van der Waals surface area contributed by atoms with E-state index in [0.29, 0.717) is 11.8 Å². The van der Waals surface area contributed by atoms with Gasteiger partial charge in [-0.3, -0.25) is 0 Å². The summed E-state index contributed by atoms with van der Waals surface area (Å²) >= 11 is 3.12. The molecule has 0 radical (unpaired) electrons. The highest BCUT2D eigenvalue weighted by molar-refractivity contribution is 7.74. The van der Waals surface area contributed by atoms with Gasteiger partial charge in [-0.05, 0) is 93.2 Å². The van der Waals surface area contributed by atoms with Crippen molar-refractivity contribution >= 4 is 18.9 Å². The molecule has 1 aromatic carbocycles. The quantitative estimate of drug-likeness (QED) is 0.218. The highest BCUT2D eigenvalue weighted by Crippen LogP contribution is 2.66. The Labute approximate surface area is 175 Å². The number of carbonyl (C=O) groups is 1. The normalized spacial score (nSPS) is 33.2. The van der Waals surface area contributed by atoms with Gasteiger partial charge in [-0.1, -0.05) is 17.7 Å². The fourth-order valence-electron chi connectivity index (χ4n) is 7.31. The second kappa shape index (κ2) is 7.20. The fraction of sp³-hybridized carbons (Fsp3) is 0.682. The van der Waals surface area contributed by atoms with Crippen LogP contribution in [0.5, 0.6) is 0 Å². The Bertz CT molecular complexity index is 788. The summed E-state index contributed by atoms with van der Waals surface area (Å²) in [7, 11) is 0. The molecule has 29 heavy (non-hydrogen) atoms. The van der Waals surface area contributed by atoms with Crippen LogP contribution in [0.15, 0.2) is 12.1 Å². The van der Waals surface area contributed by atoms with Gasteiger partial charge < -0.3 is 4.74 Å². The van der Waals surface area contributed by atoms with Crippen LogP contribution in [0.3, 0.4) is 0 Å². The second-order valence-corrected chi connectivity index (χ2v) is 9.91. The summed E-state index contributed by atoms with van der Waals surface area (Å²) in [6.07, 6.45) is 2.03. The minimum absolute atomic E-state index is 0.00391. The first-order valence-electron chi connectivity index (χ1n) is 10.2. The predicted molar refractivity (Wildman–Crippen MR) is 107 cm³/mol. The van der Waals surface area contributed by atoms with Crippen LogP contribution in [0.25, 0.3) is 0 Å². The Balaban J connectivity index is 1.61. The van der Waals surface area contributed by atoms with E-state index in [0.717, 1.165) is 32.1 Å². The van der Waals surface area contributed by atoms with E-state index in [1.807, 2.05) is 0 Å². The Kier molecular flexibility index (Phi) is 5.23. The number of esters is 1. The number of rotatable bonds is 6. The number of benzene rings is 1. The number of ether oxygens (including phenoxy) is 1. The molecular weight excluding hydrogens is 398 g/mol. The van der Waals surface area contributed by atoms with Crippen molar-refractivity contribution in [3.05, 3.63) is 34.4 Å². The summed E-state index contributed by atoms with van der Waals surface area (Å²) in [5.41, 5.74) is 5.09. The van der Waals surface area contributed by atoms with Crippen molar-refractivity contribution < 1.29 is 27.5 Å². The van der Waals surface area contributed by atoms with Crippen LogP contribution < -0.4 is 0 Å². The molecule has 4 bridgehead atoms. The predicted octanol–water partition coefficient (Wildman–Crippen LogP) is 5.38. The van der Waals surface area contributed by atoms with Crippen molar-refractivity contribution in [1.82, 2.24) is 0 Å². The second-order valence-electron chi connectivity index (χ2n) is 9.77. The molecule has 4 nitrogen and oxygen atoms in total. The van der Waals surface area contributed by atoms with Crippen LogP contribution in [0.2, 0.25) is 0 Å². The average Bonchev–Trinajstić information content (AvgIpc) is 2.57. The maximum atomic E-state index is 13.6. The summed E-state index contributed by atoms with van der Waals surface area (Å²) in [5, 5.41) is 0. The van der Waals surface area contributed by atoms with Crippen LogP contribution in [0.4, 0.5) is 8.78 Å². The molecule has 5 rings (SSSR count). The number of alkyl halides is 2. The summed E-state index contributed by atoms with van der Waals surface area (Å²) in [5.74, 6) is -0.626. The van der Waals surface area contributed by atoms with Crippen molar-refractivity contribution in [2.45, 2.75) is 70.8 Å². The van der Waals surface area contributed by atoms with Crippen LogP contribution in [-0.4, -0.2) is 18.7 Å². The molecule has 4 fully saturated rings. The lowest BCUT2D eigenvalue weighted by atomic mass is 9.42. The third-order valence-corrected chi connectivity index (χ3v) is 7.35. The lowest BCUT2D eigenvalue weighted by molar-refractivity contribution is -0.369. The smallest absolute Gasteiger partial charge is 0.459 e. The molecule has 0 N–H and O–H groups in total. The van der Waals surface area contributed by atoms with E-state index in [1.54, 1.807) is 0 Å². The minimum atomic E-state index is -4.16. The zero-order valence-electron chi connectivity index (χ0n) is 17.1. The molecule has 2 atom stereocenters. The van der Waals surface area contributed by atoms with E-state index in [-0.39, 0.29) is 17.4 Å². The van der Waals surface area contributed by atoms with Gasteiger partial charge in [0.25, 0.3) is 0 Å². The van der Waals surface area contributed by atoms with Crippen LogP contribution >= 0.6 is 12.9 Å². The zero-order chi connectivity index (χ0) is 21.0. The van der Waals surface area contributed by atoms with E-state index < -0.39 is 12.1 Å². The number of thiol groups is 1. The molecule has 0 amide bonds. The number of hydrogen-bond donors (Lipinski definition) is 1. The molecule has 7 heteroatoms. The molecule has 0 heterocycles. The molecule has 4 aliphatic carbocycles. The van der Waals surface area contributed by atoms with Crippen molar-refractivity contribution in [2.24, 2.45) is 17.3 Å². The lowest BCUT2D eigenvalue weighted by Gasteiger charge is -2.62. The molecule has 4 aliphatic rings. The fourth-order valence-corrected chi connectivity index (χ4v) is 7.41. The van der Waals surface area contributed by atoms with E-state index in [9.17, 15) is 13.6 Å². The third kappa shape index (κ3) is 3.70. The molecule has 0 saturated heterocycles. The monoisotopic (exact) mass is 426 g/mol. The van der Waals surface area contributed by atoms with Gasteiger partial charge >= 0.3 is 12.1 Å². The molecule has 1 aromatic rings. The van der Waals surface area contributed by atoms with Gasteiger partial charge in [0, 0.05) is 18.3 Å². The van der Waals surface area contributed by atoms with E-state index in [1.165, 1.54) is 28.7 Å². The Morgan fingerprint density at radius 1 is 1.14 bits per heavy atom. The molecule has 0 aliphatic heterocycles. The van der Waals surface area contributed by atoms with Crippen LogP contribution in [0, 0.1) is 38.0 Å². The van der Waals surface area contributed by atoms with Gasteiger partial charge in [0.05, 0.1) is 6.61 Å². The zero-order valence-corrected chi connectivity index (χ0v) is 18.0. The number of hydrogen-bond acceptors (Lipinski definition) is 5. The summed E-state index contributed by atoms with van der Waals surface area (Å²) in [6, 6.07) is 4.48. The Hall–Kier alpha value is -1.18. The molecule has 160 valence electrons. The summed E-state index contributed by atoms with van der Waals surface area (Å²) in [4.78, 5) is 15.5. The van der Waals surface area contributed by atoms with Crippen molar-refractivity contribution in [2.75, 3.05) is 6.61 Å². The largest absolute Gasteiger partial charge is 0.483 e. The van der Waals surface area contributed by atoms with Gasteiger partial charge in [-0.25, -0.2) is 4.79 Å². The van der Waals surface area contributed by atoms with Gasteiger partial charge in [0.2, 0.25) is 0 Å². The van der Waals surface area contributed by atoms with Gasteiger partial charge in [-0.2, -0.15) is 13.1 Å². The SMILES string of the molecule is Cc1cc(C)c(C23CC4CC(CC(COC(=O)C(F)(F)OOS)(C4)C2)C3)c(C)c1. The molecule has 0 spiro atoms. The molecule has 0 aromatic heterocycles. The van der Waals surface area contributed by atoms with E-state index >= 15 is 0 Å². The van der Waals surface area contributed by atoms with Crippen molar-refractivity contribution in [1.29, 1.82) is 0 Å². The Morgan fingerprint density at radius 2 is 1.72 bits per heavy atom.